The van der Waals surface area contributed by atoms with Gasteiger partial charge in [0, 0.05) is 31.4 Å². The molecule has 186 valence electrons. The number of aromatic nitrogens is 1. The monoisotopic (exact) mass is 474 g/mol. The van der Waals surface area contributed by atoms with Gasteiger partial charge in [-0.1, -0.05) is 19.9 Å². The van der Waals surface area contributed by atoms with E-state index in [4.69, 9.17) is 4.74 Å². The molecule has 0 saturated heterocycles. The third-order valence-electron chi connectivity index (χ3n) is 5.42. The summed E-state index contributed by atoms with van der Waals surface area (Å²) in [6.07, 6.45) is 0.409. The number of nitrogens with zero attached hydrogens (tertiary/aromatic N) is 1. The zero-order valence-electron chi connectivity index (χ0n) is 20.3. The molecular weight excluding hydrogens is 440 g/mol. The second kappa shape index (κ2) is 12.2. The number of aromatic amines is 1. The van der Waals surface area contributed by atoms with E-state index < -0.39 is 36.3 Å². The second-order valence-corrected chi connectivity index (χ2v) is 8.77. The van der Waals surface area contributed by atoms with Crippen molar-refractivity contribution in [2.45, 2.75) is 45.2 Å². The molecule has 4 N–H and O–H groups in total. The minimum atomic E-state index is -1.04. The molecule has 1 heterocycles. The quantitative estimate of drug-likeness (QED) is 0.365. The Bertz CT molecular complexity index is 1030. The Hall–Kier alpha value is -3.40. The van der Waals surface area contributed by atoms with E-state index >= 15 is 0 Å². The number of rotatable bonds is 12. The average Bonchev–Trinajstić information content (AvgIpc) is 3.24. The van der Waals surface area contributed by atoms with Gasteiger partial charge in [0.15, 0.2) is 5.78 Å². The number of amides is 3. The molecule has 0 unspecified atom stereocenters. The first-order valence-corrected chi connectivity index (χ1v) is 11.2. The SMILES string of the molecule is COc1cccc2[nH]c(C(=O)N[C@H](CC(C)C)C(=O)N[C@H](CCC(=O)N(C)C)C(=O)CO)cc12. The third kappa shape index (κ3) is 7.05. The van der Waals surface area contributed by atoms with E-state index in [2.05, 4.69) is 15.6 Å². The summed E-state index contributed by atoms with van der Waals surface area (Å²) in [5.74, 6) is -1.15. The van der Waals surface area contributed by atoms with E-state index in [1.807, 2.05) is 19.9 Å². The number of hydrogen-bond acceptors (Lipinski definition) is 6. The molecular formula is C24H34N4O6. The van der Waals surface area contributed by atoms with Crippen molar-refractivity contribution in [3.8, 4) is 5.75 Å². The Morgan fingerprint density at radius 1 is 1.12 bits per heavy atom. The van der Waals surface area contributed by atoms with Crippen molar-refractivity contribution < 1.29 is 29.0 Å². The number of aliphatic hydroxyl groups is 1. The predicted octanol–water partition coefficient (Wildman–Crippen LogP) is 1.24. The molecule has 3 amide bonds. The van der Waals surface area contributed by atoms with Crippen LogP contribution in [0.3, 0.4) is 0 Å². The smallest absolute Gasteiger partial charge is 0.268 e. The summed E-state index contributed by atoms with van der Waals surface area (Å²) in [4.78, 5) is 54.5. The van der Waals surface area contributed by atoms with E-state index in [1.54, 1.807) is 39.4 Å². The largest absolute Gasteiger partial charge is 0.496 e. The molecule has 0 aliphatic heterocycles. The van der Waals surface area contributed by atoms with Gasteiger partial charge in [0.1, 0.15) is 24.1 Å². The van der Waals surface area contributed by atoms with Gasteiger partial charge >= 0.3 is 0 Å². The fraction of sp³-hybridized carbons (Fsp3) is 0.500. The van der Waals surface area contributed by atoms with Crippen molar-refractivity contribution in [2.75, 3.05) is 27.8 Å². The van der Waals surface area contributed by atoms with Gasteiger partial charge in [-0.05, 0) is 37.0 Å². The second-order valence-electron chi connectivity index (χ2n) is 8.77. The molecule has 34 heavy (non-hydrogen) atoms. The van der Waals surface area contributed by atoms with E-state index in [9.17, 15) is 24.3 Å². The van der Waals surface area contributed by atoms with Crippen molar-refractivity contribution in [3.05, 3.63) is 30.0 Å². The Morgan fingerprint density at radius 2 is 1.82 bits per heavy atom. The van der Waals surface area contributed by atoms with Crippen LogP contribution in [0.15, 0.2) is 24.3 Å². The first-order valence-electron chi connectivity index (χ1n) is 11.2. The molecule has 10 nitrogen and oxygen atoms in total. The molecule has 0 radical (unpaired) electrons. The number of nitrogens with one attached hydrogen (secondary N) is 3. The summed E-state index contributed by atoms with van der Waals surface area (Å²) in [6.45, 7) is 3.05. The summed E-state index contributed by atoms with van der Waals surface area (Å²) in [5, 5.41) is 15.4. The summed E-state index contributed by atoms with van der Waals surface area (Å²) in [5.41, 5.74) is 0.981. The average molecular weight is 475 g/mol. The highest BCUT2D eigenvalue weighted by Crippen LogP contribution is 2.26. The molecule has 10 heteroatoms. The van der Waals surface area contributed by atoms with Gasteiger partial charge < -0.3 is 30.4 Å². The first-order chi connectivity index (χ1) is 16.1. The predicted molar refractivity (Wildman–Crippen MR) is 128 cm³/mol. The number of ketones is 1. The van der Waals surface area contributed by atoms with Crippen LogP contribution in [-0.4, -0.2) is 78.4 Å². The van der Waals surface area contributed by atoms with Crippen molar-refractivity contribution in [1.29, 1.82) is 0 Å². The molecule has 2 rings (SSSR count). The van der Waals surface area contributed by atoms with Gasteiger partial charge in [0.25, 0.3) is 5.91 Å². The summed E-state index contributed by atoms with van der Waals surface area (Å²) >= 11 is 0. The highest BCUT2D eigenvalue weighted by Gasteiger charge is 2.28. The molecule has 1 aromatic carbocycles. The number of carbonyl (C=O) groups is 4. The summed E-state index contributed by atoms with van der Waals surface area (Å²) in [6, 6.07) is 5.09. The Morgan fingerprint density at radius 3 is 2.41 bits per heavy atom. The molecule has 0 spiro atoms. The standard InChI is InChI=1S/C24H34N4O6/c1-14(2)11-18(23(32)26-17(20(30)13-29)9-10-22(31)28(3)4)27-24(33)19-12-15-16(25-19)7-6-8-21(15)34-5/h6-8,12,14,17-18,25,29H,9-11,13H2,1-5H3,(H,26,32)(H,27,33)/t17-,18-/m1/s1. The Labute approximate surface area is 199 Å². The van der Waals surface area contributed by atoms with Crippen LogP contribution in [0.1, 0.15) is 43.6 Å². The van der Waals surface area contributed by atoms with Crippen LogP contribution in [0.25, 0.3) is 10.9 Å². The van der Waals surface area contributed by atoms with Gasteiger partial charge in [-0.2, -0.15) is 0 Å². The van der Waals surface area contributed by atoms with E-state index in [0.717, 1.165) is 5.39 Å². The highest BCUT2D eigenvalue weighted by atomic mass is 16.5. The Kier molecular flexibility index (Phi) is 9.61. The lowest BCUT2D eigenvalue weighted by Gasteiger charge is -2.24. The van der Waals surface area contributed by atoms with Gasteiger partial charge in [-0.25, -0.2) is 0 Å². The fourth-order valence-corrected chi connectivity index (χ4v) is 3.55. The van der Waals surface area contributed by atoms with E-state index in [-0.39, 0.29) is 30.4 Å². The summed E-state index contributed by atoms with van der Waals surface area (Å²) in [7, 11) is 4.73. The maximum atomic E-state index is 13.0. The number of H-pyrrole nitrogens is 1. The number of methoxy groups -OCH3 is 1. The van der Waals surface area contributed by atoms with Crippen molar-refractivity contribution in [1.82, 2.24) is 20.5 Å². The summed E-state index contributed by atoms with van der Waals surface area (Å²) < 4.78 is 5.33. The highest BCUT2D eigenvalue weighted by molar-refractivity contribution is 6.02. The fourth-order valence-electron chi connectivity index (χ4n) is 3.55. The lowest BCUT2D eigenvalue weighted by Crippen LogP contribution is -2.52. The van der Waals surface area contributed by atoms with Crippen LogP contribution in [0.4, 0.5) is 0 Å². The number of benzene rings is 1. The molecule has 2 atom stereocenters. The van der Waals surface area contributed by atoms with E-state index in [0.29, 0.717) is 17.7 Å². The molecule has 2 aromatic rings. The number of carbonyl (C=O) groups excluding carboxylic acids is 4. The van der Waals surface area contributed by atoms with Crippen LogP contribution in [0, 0.1) is 5.92 Å². The number of Topliss-reactive ketones (excluding diaryl/α,β-unsaturated/α-hetero) is 1. The van der Waals surface area contributed by atoms with Gasteiger partial charge in [-0.3, -0.25) is 19.2 Å². The van der Waals surface area contributed by atoms with Crippen LogP contribution < -0.4 is 15.4 Å². The van der Waals surface area contributed by atoms with Crippen LogP contribution in [0.5, 0.6) is 5.75 Å². The van der Waals surface area contributed by atoms with Gasteiger partial charge in [0.2, 0.25) is 11.8 Å². The minimum Gasteiger partial charge on any atom is -0.496 e. The van der Waals surface area contributed by atoms with Crippen LogP contribution in [-0.2, 0) is 14.4 Å². The zero-order chi connectivity index (χ0) is 25.4. The molecule has 1 aromatic heterocycles. The molecule has 0 saturated carbocycles. The number of hydrogen-bond donors (Lipinski definition) is 4. The number of aliphatic hydroxyl groups excluding tert-OH is 1. The molecule has 0 aliphatic carbocycles. The van der Waals surface area contributed by atoms with E-state index in [1.165, 1.54) is 4.90 Å². The maximum Gasteiger partial charge on any atom is 0.268 e. The first kappa shape index (κ1) is 26.8. The van der Waals surface area contributed by atoms with Crippen molar-refractivity contribution >= 4 is 34.4 Å². The zero-order valence-corrected chi connectivity index (χ0v) is 20.3. The molecule has 0 fully saturated rings. The normalized spacial score (nSPS) is 12.8. The number of fused-ring (bicyclic) bond motifs is 1. The maximum absolute atomic E-state index is 13.0. The molecule has 0 bridgehead atoms. The topological polar surface area (TPSA) is 141 Å². The molecule has 0 aliphatic rings. The lowest BCUT2D eigenvalue weighted by molar-refractivity contribution is -0.132. The minimum absolute atomic E-state index is 0.0296. The van der Waals surface area contributed by atoms with Crippen LogP contribution in [0.2, 0.25) is 0 Å². The van der Waals surface area contributed by atoms with Crippen molar-refractivity contribution in [2.24, 2.45) is 5.92 Å². The Balaban J connectivity index is 2.18. The van der Waals surface area contributed by atoms with Gasteiger partial charge in [-0.15, -0.1) is 0 Å². The third-order valence-corrected chi connectivity index (χ3v) is 5.42. The van der Waals surface area contributed by atoms with Crippen LogP contribution >= 0.6 is 0 Å². The number of ether oxygens (including phenoxy) is 1. The van der Waals surface area contributed by atoms with Crippen molar-refractivity contribution in [3.63, 3.8) is 0 Å². The van der Waals surface area contributed by atoms with Gasteiger partial charge in [0.05, 0.1) is 13.2 Å². The lowest BCUT2D eigenvalue weighted by atomic mass is 10.0.